The van der Waals surface area contributed by atoms with Gasteiger partial charge in [0.2, 0.25) is 0 Å². The predicted octanol–water partition coefficient (Wildman–Crippen LogP) is 6.65. The fraction of sp³-hybridized carbons (Fsp3) is 0.174. The summed E-state index contributed by atoms with van der Waals surface area (Å²) in [7, 11) is 0. The van der Waals surface area contributed by atoms with Gasteiger partial charge in [-0.3, -0.25) is 4.40 Å². The Morgan fingerprint density at radius 2 is 1.37 bits per heavy atom. The normalized spacial score (nSPS) is 11.6. The van der Waals surface area contributed by atoms with E-state index < -0.39 is 0 Å². The summed E-state index contributed by atoms with van der Waals surface area (Å²) in [5.41, 5.74) is 8.32. The molecular weight excluding hydrogens is 332 g/mol. The van der Waals surface area contributed by atoms with E-state index in [9.17, 15) is 0 Å². The van der Waals surface area contributed by atoms with Crippen molar-refractivity contribution in [3.05, 3.63) is 83.0 Å². The lowest BCUT2D eigenvalue weighted by Gasteiger charge is -2.02. The highest BCUT2D eigenvalue weighted by Crippen LogP contribution is 2.33. The van der Waals surface area contributed by atoms with Crippen molar-refractivity contribution in [2.24, 2.45) is 10.2 Å². The molecular formula is C23H22N4. The Morgan fingerprint density at radius 1 is 0.704 bits per heavy atom. The molecule has 2 aromatic heterocycles. The standard InChI is InChI=1S/C23H22N4/c1-15-5-8-19(9-6-15)22-23(27-14-16(2)7-10-21(27)24-22)26-25-20-12-17(3)11-18(4)13-20/h5-14H,1-4H3. The second-order valence-corrected chi connectivity index (χ2v) is 7.13. The maximum absolute atomic E-state index is 4.81. The van der Waals surface area contributed by atoms with Crippen LogP contribution in [0.25, 0.3) is 16.9 Å². The summed E-state index contributed by atoms with van der Waals surface area (Å²) in [6.07, 6.45) is 2.05. The molecule has 4 rings (SSSR count). The third-order valence-electron chi connectivity index (χ3n) is 4.53. The van der Waals surface area contributed by atoms with Gasteiger partial charge >= 0.3 is 0 Å². The lowest BCUT2D eigenvalue weighted by molar-refractivity contribution is 1.09. The first-order valence-electron chi connectivity index (χ1n) is 9.05. The lowest BCUT2D eigenvalue weighted by Crippen LogP contribution is -1.85. The van der Waals surface area contributed by atoms with Crippen molar-refractivity contribution < 1.29 is 0 Å². The number of fused-ring (bicyclic) bond motifs is 1. The van der Waals surface area contributed by atoms with Crippen LogP contribution in [-0.4, -0.2) is 9.38 Å². The topological polar surface area (TPSA) is 42.0 Å². The molecule has 0 aliphatic rings. The van der Waals surface area contributed by atoms with Crippen LogP contribution in [-0.2, 0) is 0 Å². The molecule has 4 aromatic rings. The van der Waals surface area contributed by atoms with Crippen molar-refractivity contribution >= 4 is 17.2 Å². The number of aromatic nitrogens is 2. The van der Waals surface area contributed by atoms with Crippen LogP contribution in [0.2, 0.25) is 0 Å². The zero-order valence-corrected chi connectivity index (χ0v) is 16.1. The number of azo groups is 1. The monoisotopic (exact) mass is 354 g/mol. The highest BCUT2D eigenvalue weighted by atomic mass is 15.2. The zero-order chi connectivity index (χ0) is 19.0. The first kappa shape index (κ1) is 17.2. The van der Waals surface area contributed by atoms with Crippen LogP contribution in [0.1, 0.15) is 22.3 Å². The molecule has 0 saturated heterocycles. The second-order valence-electron chi connectivity index (χ2n) is 7.13. The average Bonchev–Trinajstić information content (AvgIpc) is 2.97. The molecule has 2 heterocycles. The first-order chi connectivity index (χ1) is 13.0. The maximum atomic E-state index is 4.81. The van der Waals surface area contributed by atoms with Crippen LogP contribution in [0.4, 0.5) is 11.5 Å². The highest BCUT2D eigenvalue weighted by molar-refractivity contribution is 5.74. The van der Waals surface area contributed by atoms with Gasteiger partial charge in [0.05, 0.1) is 5.69 Å². The van der Waals surface area contributed by atoms with Gasteiger partial charge in [0, 0.05) is 11.8 Å². The Morgan fingerprint density at radius 3 is 2.07 bits per heavy atom. The van der Waals surface area contributed by atoms with Gasteiger partial charge < -0.3 is 0 Å². The van der Waals surface area contributed by atoms with Crippen molar-refractivity contribution in [3.63, 3.8) is 0 Å². The van der Waals surface area contributed by atoms with Crippen molar-refractivity contribution in [2.45, 2.75) is 27.7 Å². The van der Waals surface area contributed by atoms with Crippen LogP contribution < -0.4 is 0 Å². The van der Waals surface area contributed by atoms with Crippen LogP contribution in [0.3, 0.4) is 0 Å². The Balaban J connectivity index is 1.88. The fourth-order valence-corrected chi connectivity index (χ4v) is 3.25. The molecule has 0 spiro atoms. The molecule has 0 fully saturated rings. The van der Waals surface area contributed by atoms with Gasteiger partial charge in [-0.05, 0) is 62.6 Å². The van der Waals surface area contributed by atoms with Crippen LogP contribution >= 0.6 is 0 Å². The van der Waals surface area contributed by atoms with E-state index in [0.29, 0.717) is 0 Å². The maximum Gasteiger partial charge on any atom is 0.187 e. The van der Waals surface area contributed by atoms with E-state index in [1.54, 1.807) is 0 Å². The van der Waals surface area contributed by atoms with Crippen molar-refractivity contribution in [1.29, 1.82) is 0 Å². The fourth-order valence-electron chi connectivity index (χ4n) is 3.25. The molecule has 0 aliphatic carbocycles. The van der Waals surface area contributed by atoms with Crippen LogP contribution in [0.5, 0.6) is 0 Å². The minimum atomic E-state index is 0.747. The molecule has 0 bridgehead atoms. The van der Waals surface area contributed by atoms with Crippen LogP contribution in [0, 0.1) is 27.7 Å². The van der Waals surface area contributed by atoms with Gasteiger partial charge in [-0.25, -0.2) is 4.98 Å². The molecule has 0 aliphatic heterocycles. The third-order valence-corrected chi connectivity index (χ3v) is 4.53. The summed E-state index contributed by atoms with van der Waals surface area (Å²) >= 11 is 0. The van der Waals surface area contributed by atoms with E-state index >= 15 is 0 Å². The van der Waals surface area contributed by atoms with Gasteiger partial charge in [0.25, 0.3) is 0 Å². The summed E-state index contributed by atoms with van der Waals surface area (Å²) < 4.78 is 2.01. The van der Waals surface area contributed by atoms with Crippen molar-refractivity contribution in [1.82, 2.24) is 9.38 Å². The summed E-state index contributed by atoms with van der Waals surface area (Å²) in [6.45, 7) is 8.29. The SMILES string of the molecule is Cc1ccc(-c2nc3ccc(C)cn3c2N=Nc2cc(C)cc(C)c2)cc1. The zero-order valence-electron chi connectivity index (χ0n) is 16.1. The Labute approximate surface area is 159 Å². The number of nitrogens with zero attached hydrogens (tertiary/aromatic N) is 4. The van der Waals surface area contributed by atoms with E-state index in [-0.39, 0.29) is 0 Å². The molecule has 0 N–H and O–H groups in total. The highest BCUT2D eigenvalue weighted by Gasteiger charge is 2.14. The van der Waals surface area contributed by atoms with Gasteiger partial charge in [0.1, 0.15) is 11.3 Å². The lowest BCUT2D eigenvalue weighted by atomic mass is 10.1. The number of rotatable bonds is 3. The smallest absolute Gasteiger partial charge is 0.187 e. The number of hydrogen-bond acceptors (Lipinski definition) is 3. The minimum Gasteiger partial charge on any atom is -0.282 e. The van der Waals surface area contributed by atoms with Gasteiger partial charge in [0.15, 0.2) is 5.82 Å². The second kappa shape index (κ2) is 6.80. The molecule has 134 valence electrons. The summed E-state index contributed by atoms with van der Waals surface area (Å²) in [6, 6.07) is 18.6. The Hall–Kier alpha value is -3.27. The predicted molar refractivity (Wildman–Crippen MR) is 110 cm³/mol. The molecule has 0 amide bonds. The summed E-state index contributed by atoms with van der Waals surface area (Å²) in [5, 5.41) is 9.13. The molecule has 0 saturated carbocycles. The molecule has 27 heavy (non-hydrogen) atoms. The van der Waals surface area contributed by atoms with E-state index in [0.717, 1.165) is 34.0 Å². The molecule has 0 radical (unpaired) electrons. The van der Waals surface area contributed by atoms with E-state index in [2.05, 4.69) is 80.5 Å². The van der Waals surface area contributed by atoms with Crippen molar-refractivity contribution in [2.75, 3.05) is 0 Å². The van der Waals surface area contributed by atoms with E-state index in [1.807, 2.05) is 22.6 Å². The summed E-state index contributed by atoms with van der Waals surface area (Å²) in [5.74, 6) is 0.747. The molecule has 4 nitrogen and oxygen atoms in total. The minimum absolute atomic E-state index is 0.747. The Kier molecular flexibility index (Phi) is 4.32. The quantitative estimate of drug-likeness (QED) is 0.380. The average molecular weight is 354 g/mol. The van der Waals surface area contributed by atoms with Gasteiger partial charge in [-0.15, -0.1) is 10.2 Å². The van der Waals surface area contributed by atoms with Gasteiger partial charge in [-0.1, -0.05) is 42.0 Å². The Bertz CT molecular complexity index is 1130. The third kappa shape index (κ3) is 3.51. The largest absolute Gasteiger partial charge is 0.282 e. The molecule has 0 unspecified atom stereocenters. The number of hydrogen-bond donors (Lipinski definition) is 0. The molecule has 0 atom stereocenters. The number of benzene rings is 2. The van der Waals surface area contributed by atoms with E-state index in [4.69, 9.17) is 4.98 Å². The molecule has 4 heteroatoms. The van der Waals surface area contributed by atoms with E-state index in [1.165, 1.54) is 16.7 Å². The number of imidazole rings is 1. The van der Waals surface area contributed by atoms with Crippen molar-refractivity contribution in [3.8, 4) is 11.3 Å². The van der Waals surface area contributed by atoms with Gasteiger partial charge in [-0.2, -0.15) is 0 Å². The number of pyridine rings is 1. The molecule has 2 aromatic carbocycles. The summed E-state index contributed by atoms with van der Waals surface area (Å²) in [4.78, 5) is 4.81. The number of aryl methyl sites for hydroxylation is 4. The first-order valence-corrected chi connectivity index (χ1v) is 9.05. The van der Waals surface area contributed by atoms with Crippen LogP contribution in [0.15, 0.2) is 71.0 Å².